The highest BCUT2D eigenvalue weighted by Crippen LogP contribution is 2.38. The summed E-state index contributed by atoms with van der Waals surface area (Å²) < 4.78 is 16.9. The molecule has 0 aliphatic carbocycles. The lowest BCUT2D eigenvalue weighted by Gasteiger charge is -2.15. The predicted molar refractivity (Wildman–Crippen MR) is 120 cm³/mol. The third-order valence-corrected chi connectivity index (χ3v) is 4.90. The van der Waals surface area contributed by atoms with E-state index in [-0.39, 0.29) is 31.4 Å². The van der Waals surface area contributed by atoms with Crippen molar-refractivity contribution in [3.8, 4) is 11.5 Å². The van der Waals surface area contributed by atoms with E-state index in [1.54, 1.807) is 12.1 Å². The van der Waals surface area contributed by atoms with E-state index in [0.29, 0.717) is 27.6 Å². The minimum atomic E-state index is -0.378. The standard InChI is InChI=1S/C22H23BrClNO5/c1-3-29-19-13-15(8-9-20(26)25-11-10-21(27)28-2)12-17(23)22(19)30-14-16-6-4-5-7-18(16)24/h4-9,12-13H,3,10-11,14H2,1-2H3,(H,25,26)/b9-8+. The molecule has 0 aliphatic heterocycles. The molecule has 2 rings (SSSR count). The van der Waals surface area contributed by atoms with Crippen LogP contribution in [0.15, 0.2) is 46.9 Å². The molecule has 0 atom stereocenters. The number of hydrogen-bond acceptors (Lipinski definition) is 5. The zero-order valence-electron chi connectivity index (χ0n) is 16.7. The van der Waals surface area contributed by atoms with Crippen LogP contribution >= 0.6 is 27.5 Å². The Hall–Kier alpha value is -2.51. The molecule has 0 aromatic heterocycles. The van der Waals surface area contributed by atoms with E-state index >= 15 is 0 Å². The van der Waals surface area contributed by atoms with Crippen LogP contribution in [-0.4, -0.2) is 32.1 Å². The van der Waals surface area contributed by atoms with E-state index < -0.39 is 0 Å². The van der Waals surface area contributed by atoms with E-state index in [0.717, 1.165) is 11.1 Å². The Morgan fingerprint density at radius 1 is 1.20 bits per heavy atom. The van der Waals surface area contributed by atoms with Crippen LogP contribution in [-0.2, 0) is 20.9 Å². The molecule has 30 heavy (non-hydrogen) atoms. The van der Waals surface area contributed by atoms with Gasteiger partial charge in [0, 0.05) is 23.2 Å². The molecule has 0 bridgehead atoms. The molecule has 0 saturated carbocycles. The minimum Gasteiger partial charge on any atom is -0.490 e. The summed E-state index contributed by atoms with van der Waals surface area (Å²) in [6.07, 6.45) is 3.16. The highest BCUT2D eigenvalue weighted by molar-refractivity contribution is 9.10. The summed E-state index contributed by atoms with van der Waals surface area (Å²) in [7, 11) is 1.31. The Morgan fingerprint density at radius 2 is 1.97 bits per heavy atom. The number of rotatable bonds is 10. The first-order valence-corrected chi connectivity index (χ1v) is 10.5. The van der Waals surface area contributed by atoms with Crippen LogP contribution in [0.25, 0.3) is 6.08 Å². The molecule has 0 saturated heterocycles. The first kappa shape index (κ1) is 23.8. The van der Waals surface area contributed by atoms with Gasteiger partial charge in [0.25, 0.3) is 0 Å². The molecule has 160 valence electrons. The molecule has 8 heteroatoms. The van der Waals surface area contributed by atoms with Gasteiger partial charge in [0.15, 0.2) is 11.5 Å². The van der Waals surface area contributed by atoms with Crippen LogP contribution in [0.5, 0.6) is 11.5 Å². The van der Waals surface area contributed by atoms with Gasteiger partial charge in [-0.15, -0.1) is 0 Å². The first-order valence-electron chi connectivity index (χ1n) is 9.29. The summed E-state index contributed by atoms with van der Waals surface area (Å²) in [5, 5.41) is 3.25. The smallest absolute Gasteiger partial charge is 0.307 e. The van der Waals surface area contributed by atoms with Gasteiger partial charge in [-0.3, -0.25) is 9.59 Å². The lowest BCUT2D eigenvalue weighted by molar-refractivity contribution is -0.140. The van der Waals surface area contributed by atoms with Crippen molar-refractivity contribution >= 4 is 45.5 Å². The number of amides is 1. The fraction of sp³-hybridized carbons (Fsp3) is 0.273. The summed E-state index contributed by atoms with van der Waals surface area (Å²) in [4.78, 5) is 23.0. The predicted octanol–water partition coefficient (Wildman–Crippen LogP) is 4.77. The average molecular weight is 497 g/mol. The quantitative estimate of drug-likeness (QED) is 0.379. The SMILES string of the molecule is CCOc1cc(/C=C/C(=O)NCCC(=O)OC)cc(Br)c1OCc1ccccc1Cl. The number of esters is 1. The van der Waals surface area contributed by atoms with E-state index in [1.165, 1.54) is 13.2 Å². The van der Waals surface area contributed by atoms with E-state index in [1.807, 2.05) is 37.3 Å². The van der Waals surface area contributed by atoms with Crippen LogP contribution in [0.2, 0.25) is 5.02 Å². The molecule has 0 heterocycles. The zero-order chi connectivity index (χ0) is 21.9. The molecule has 0 unspecified atom stereocenters. The fourth-order valence-corrected chi connectivity index (χ4v) is 3.24. The van der Waals surface area contributed by atoms with Crippen molar-refractivity contribution < 1.29 is 23.8 Å². The molecular weight excluding hydrogens is 474 g/mol. The van der Waals surface area contributed by atoms with Gasteiger partial charge in [0.05, 0.1) is 24.6 Å². The minimum absolute atomic E-state index is 0.119. The highest BCUT2D eigenvalue weighted by Gasteiger charge is 2.13. The van der Waals surface area contributed by atoms with Gasteiger partial charge in [-0.2, -0.15) is 0 Å². The van der Waals surface area contributed by atoms with Crippen molar-refractivity contribution in [2.75, 3.05) is 20.3 Å². The van der Waals surface area contributed by atoms with Gasteiger partial charge in [0.1, 0.15) is 6.61 Å². The van der Waals surface area contributed by atoms with Crippen molar-refractivity contribution in [3.05, 3.63) is 63.1 Å². The normalized spacial score (nSPS) is 10.7. The summed E-state index contributed by atoms with van der Waals surface area (Å²) in [5.74, 6) is 0.408. The van der Waals surface area contributed by atoms with E-state index in [4.69, 9.17) is 21.1 Å². The summed E-state index contributed by atoms with van der Waals surface area (Å²) in [6, 6.07) is 11.1. The molecular formula is C22H23BrClNO5. The zero-order valence-corrected chi connectivity index (χ0v) is 19.1. The lowest BCUT2D eigenvalue weighted by atomic mass is 10.2. The van der Waals surface area contributed by atoms with Gasteiger partial charge in [-0.05, 0) is 52.7 Å². The monoisotopic (exact) mass is 495 g/mol. The lowest BCUT2D eigenvalue weighted by Crippen LogP contribution is -2.24. The second kappa shape index (κ2) is 12.2. The van der Waals surface area contributed by atoms with Crippen molar-refractivity contribution in [3.63, 3.8) is 0 Å². The Balaban J connectivity index is 2.08. The number of ether oxygens (including phenoxy) is 3. The highest BCUT2D eigenvalue weighted by atomic mass is 79.9. The Morgan fingerprint density at radius 3 is 2.67 bits per heavy atom. The number of hydrogen-bond donors (Lipinski definition) is 1. The van der Waals surface area contributed by atoms with Crippen LogP contribution in [0.3, 0.4) is 0 Å². The van der Waals surface area contributed by atoms with E-state index in [2.05, 4.69) is 26.0 Å². The molecule has 0 radical (unpaired) electrons. The maximum absolute atomic E-state index is 11.9. The second-order valence-corrected chi connectivity index (χ2v) is 7.36. The number of carbonyl (C=O) groups excluding carboxylic acids is 2. The molecule has 1 amide bonds. The Labute approximate surface area is 189 Å². The van der Waals surface area contributed by atoms with Gasteiger partial charge >= 0.3 is 5.97 Å². The molecule has 0 fully saturated rings. The summed E-state index contributed by atoms with van der Waals surface area (Å²) in [6.45, 7) is 2.83. The van der Waals surface area contributed by atoms with Crippen LogP contribution in [0, 0.1) is 0 Å². The third-order valence-electron chi connectivity index (χ3n) is 3.94. The van der Waals surface area contributed by atoms with Gasteiger partial charge in [-0.25, -0.2) is 0 Å². The number of benzene rings is 2. The average Bonchev–Trinajstić information content (AvgIpc) is 2.73. The fourth-order valence-electron chi connectivity index (χ4n) is 2.47. The van der Waals surface area contributed by atoms with Crippen LogP contribution < -0.4 is 14.8 Å². The van der Waals surface area contributed by atoms with Crippen molar-refractivity contribution in [1.29, 1.82) is 0 Å². The van der Waals surface area contributed by atoms with Crippen molar-refractivity contribution in [2.24, 2.45) is 0 Å². The van der Waals surface area contributed by atoms with E-state index in [9.17, 15) is 9.59 Å². The molecule has 0 spiro atoms. The van der Waals surface area contributed by atoms with Gasteiger partial charge in [0.2, 0.25) is 5.91 Å². The van der Waals surface area contributed by atoms with Crippen molar-refractivity contribution in [1.82, 2.24) is 5.32 Å². The van der Waals surface area contributed by atoms with Gasteiger partial charge < -0.3 is 19.5 Å². The largest absolute Gasteiger partial charge is 0.490 e. The summed E-state index contributed by atoms with van der Waals surface area (Å²) in [5.41, 5.74) is 1.61. The first-order chi connectivity index (χ1) is 14.4. The molecule has 1 N–H and O–H groups in total. The molecule has 0 aliphatic rings. The van der Waals surface area contributed by atoms with Crippen LogP contribution in [0.4, 0.5) is 0 Å². The van der Waals surface area contributed by atoms with Crippen LogP contribution in [0.1, 0.15) is 24.5 Å². The number of methoxy groups -OCH3 is 1. The number of carbonyl (C=O) groups is 2. The second-order valence-electron chi connectivity index (χ2n) is 6.09. The number of halogens is 2. The van der Waals surface area contributed by atoms with Gasteiger partial charge in [-0.1, -0.05) is 29.8 Å². The van der Waals surface area contributed by atoms with Crippen molar-refractivity contribution in [2.45, 2.75) is 20.0 Å². The number of nitrogens with one attached hydrogen (secondary N) is 1. The maximum Gasteiger partial charge on any atom is 0.307 e. The Kier molecular flexibility index (Phi) is 9.70. The topological polar surface area (TPSA) is 73.9 Å². The maximum atomic E-state index is 11.9. The molecule has 6 nitrogen and oxygen atoms in total. The molecule has 2 aromatic carbocycles. The molecule has 2 aromatic rings. The Bertz CT molecular complexity index is 916. The summed E-state index contributed by atoms with van der Waals surface area (Å²) >= 11 is 9.70. The third kappa shape index (κ3) is 7.39.